The van der Waals surface area contributed by atoms with Crippen molar-refractivity contribution in [3.05, 3.63) is 41.3 Å². The van der Waals surface area contributed by atoms with E-state index in [1.54, 1.807) is 6.20 Å². The Labute approximate surface area is 147 Å². The minimum Gasteiger partial charge on any atom is -0.474 e. The number of aromatic amines is 1. The van der Waals surface area contributed by atoms with E-state index >= 15 is 0 Å². The zero-order chi connectivity index (χ0) is 17.5. The van der Waals surface area contributed by atoms with Crippen molar-refractivity contribution in [3.63, 3.8) is 0 Å². The van der Waals surface area contributed by atoms with E-state index in [2.05, 4.69) is 25.8 Å². The fraction of sp³-hybridized carbons (Fsp3) is 0.500. The molecule has 2 heterocycles. The van der Waals surface area contributed by atoms with Crippen LogP contribution in [0.1, 0.15) is 49.6 Å². The van der Waals surface area contributed by atoms with Crippen LogP contribution in [-0.4, -0.2) is 27.3 Å². The van der Waals surface area contributed by atoms with E-state index in [1.165, 1.54) is 12.8 Å². The van der Waals surface area contributed by atoms with E-state index in [4.69, 9.17) is 4.74 Å². The summed E-state index contributed by atoms with van der Waals surface area (Å²) in [5.41, 5.74) is 2.76. The van der Waals surface area contributed by atoms with E-state index in [0.717, 1.165) is 36.2 Å². The Hall–Kier alpha value is -2.57. The van der Waals surface area contributed by atoms with Crippen LogP contribution in [-0.2, 0) is 19.5 Å². The minimum atomic E-state index is -0.233. The highest BCUT2D eigenvalue weighted by Crippen LogP contribution is 2.24. The Bertz CT molecular complexity index is 694. The number of urea groups is 1. The lowest BCUT2D eigenvalue weighted by Crippen LogP contribution is -2.34. The van der Waals surface area contributed by atoms with Gasteiger partial charge in [-0.2, -0.15) is 5.10 Å². The van der Waals surface area contributed by atoms with Crippen LogP contribution in [0.3, 0.4) is 0 Å². The first kappa shape index (κ1) is 17.3. The number of carbonyl (C=O) groups is 1. The van der Waals surface area contributed by atoms with Gasteiger partial charge in [-0.25, -0.2) is 9.78 Å². The topological polar surface area (TPSA) is 91.9 Å². The number of pyridine rings is 1. The van der Waals surface area contributed by atoms with Crippen molar-refractivity contribution >= 4 is 6.03 Å². The summed E-state index contributed by atoms with van der Waals surface area (Å²) in [7, 11) is 0. The highest BCUT2D eigenvalue weighted by molar-refractivity contribution is 5.73. The van der Waals surface area contributed by atoms with Crippen molar-refractivity contribution in [2.24, 2.45) is 0 Å². The maximum atomic E-state index is 12.0. The Balaban J connectivity index is 1.48. The number of hydrogen-bond donors (Lipinski definition) is 3. The lowest BCUT2D eigenvalue weighted by Gasteiger charge is -2.15. The van der Waals surface area contributed by atoms with Gasteiger partial charge in [0.1, 0.15) is 6.10 Å². The SMILES string of the molecule is CCc1cc(CNC(=O)NCc2cccnc2OC2CCCC2)[nH]n1. The molecular formula is C18H25N5O2. The highest BCUT2D eigenvalue weighted by atomic mass is 16.5. The molecule has 1 fully saturated rings. The number of ether oxygens (including phenoxy) is 1. The minimum absolute atomic E-state index is 0.233. The van der Waals surface area contributed by atoms with Gasteiger partial charge in [-0.15, -0.1) is 0 Å². The summed E-state index contributed by atoms with van der Waals surface area (Å²) in [6.07, 6.45) is 7.41. The third-order valence-electron chi connectivity index (χ3n) is 4.36. The van der Waals surface area contributed by atoms with Crippen LogP contribution in [0, 0.1) is 0 Å². The normalized spacial score (nSPS) is 14.4. The van der Waals surface area contributed by atoms with Gasteiger partial charge in [0.05, 0.1) is 17.9 Å². The first-order valence-corrected chi connectivity index (χ1v) is 8.90. The smallest absolute Gasteiger partial charge is 0.315 e. The summed E-state index contributed by atoms with van der Waals surface area (Å²) < 4.78 is 5.99. The van der Waals surface area contributed by atoms with Gasteiger partial charge in [0.15, 0.2) is 0 Å². The molecule has 0 saturated heterocycles. The van der Waals surface area contributed by atoms with Crippen molar-refractivity contribution in [1.82, 2.24) is 25.8 Å². The predicted octanol–water partition coefficient (Wildman–Crippen LogP) is 2.69. The molecule has 3 rings (SSSR count). The molecule has 2 aromatic heterocycles. The Morgan fingerprint density at radius 1 is 1.32 bits per heavy atom. The average Bonchev–Trinajstić information content (AvgIpc) is 3.30. The molecule has 1 aliphatic carbocycles. The fourth-order valence-electron chi connectivity index (χ4n) is 2.92. The molecule has 1 saturated carbocycles. The highest BCUT2D eigenvalue weighted by Gasteiger charge is 2.18. The van der Waals surface area contributed by atoms with Gasteiger partial charge in [0, 0.05) is 18.3 Å². The molecule has 0 atom stereocenters. The summed E-state index contributed by atoms with van der Waals surface area (Å²) >= 11 is 0. The largest absolute Gasteiger partial charge is 0.474 e. The van der Waals surface area contributed by atoms with E-state index in [-0.39, 0.29) is 12.1 Å². The summed E-state index contributed by atoms with van der Waals surface area (Å²) in [6.45, 7) is 2.83. The van der Waals surface area contributed by atoms with Crippen LogP contribution < -0.4 is 15.4 Å². The van der Waals surface area contributed by atoms with Crippen molar-refractivity contribution in [3.8, 4) is 5.88 Å². The van der Waals surface area contributed by atoms with Gasteiger partial charge < -0.3 is 15.4 Å². The molecule has 0 spiro atoms. The second-order valence-electron chi connectivity index (χ2n) is 6.27. The number of aromatic nitrogens is 3. The zero-order valence-corrected chi connectivity index (χ0v) is 14.5. The lowest BCUT2D eigenvalue weighted by molar-refractivity contribution is 0.198. The van der Waals surface area contributed by atoms with Crippen LogP contribution in [0.2, 0.25) is 0 Å². The number of nitrogens with one attached hydrogen (secondary N) is 3. The molecule has 2 aromatic rings. The summed E-state index contributed by atoms with van der Waals surface area (Å²) in [6, 6.07) is 5.51. The molecule has 0 unspecified atom stereocenters. The van der Waals surface area contributed by atoms with E-state index in [1.807, 2.05) is 25.1 Å². The van der Waals surface area contributed by atoms with Crippen molar-refractivity contribution in [2.75, 3.05) is 0 Å². The molecule has 0 bridgehead atoms. The maximum Gasteiger partial charge on any atom is 0.315 e. The quantitative estimate of drug-likeness (QED) is 0.721. The molecule has 3 N–H and O–H groups in total. The monoisotopic (exact) mass is 343 g/mol. The van der Waals surface area contributed by atoms with Gasteiger partial charge in [-0.05, 0) is 44.2 Å². The molecule has 0 radical (unpaired) electrons. The number of nitrogens with zero attached hydrogens (tertiary/aromatic N) is 2. The van der Waals surface area contributed by atoms with Gasteiger partial charge in [-0.3, -0.25) is 5.10 Å². The molecule has 7 heteroatoms. The number of H-pyrrole nitrogens is 1. The summed E-state index contributed by atoms with van der Waals surface area (Å²) in [5, 5.41) is 12.7. The third-order valence-corrected chi connectivity index (χ3v) is 4.36. The molecule has 0 aliphatic heterocycles. The van der Waals surface area contributed by atoms with Gasteiger partial charge in [0.2, 0.25) is 5.88 Å². The molecule has 2 amide bonds. The number of hydrogen-bond acceptors (Lipinski definition) is 4. The average molecular weight is 343 g/mol. The third kappa shape index (κ3) is 4.95. The Morgan fingerprint density at radius 3 is 2.88 bits per heavy atom. The van der Waals surface area contributed by atoms with Crippen molar-refractivity contribution < 1.29 is 9.53 Å². The second kappa shape index (κ2) is 8.50. The van der Waals surface area contributed by atoms with Crippen molar-refractivity contribution in [2.45, 2.75) is 58.2 Å². The standard InChI is InChI=1S/C18H25N5O2/c1-2-14-10-15(23-22-14)12-21-18(24)20-11-13-6-5-9-19-17(13)25-16-7-3-4-8-16/h5-6,9-10,16H,2-4,7-8,11-12H2,1H3,(H,22,23)(H2,20,21,24). The van der Waals surface area contributed by atoms with E-state index in [9.17, 15) is 4.79 Å². The summed E-state index contributed by atoms with van der Waals surface area (Å²) in [4.78, 5) is 16.3. The molecule has 0 aromatic carbocycles. The first-order valence-electron chi connectivity index (χ1n) is 8.90. The molecule has 25 heavy (non-hydrogen) atoms. The zero-order valence-electron chi connectivity index (χ0n) is 14.5. The van der Waals surface area contributed by atoms with Crippen LogP contribution in [0.15, 0.2) is 24.4 Å². The van der Waals surface area contributed by atoms with Gasteiger partial charge in [0.25, 0.3) is 0 Å². The van der Waals surface area contributed by atoms with Crippen LogP contribution in [0.4, 0.5) is 4.79 Å². The molecule has 7 nitrogen and oxygen atoms in total. The Kier molecular flexibility index (Phi) is 5.87. The van der Waals surface area contributed by atoms with Crippen LogP contribution in [0.25, 0.3) is 0 Å². The van der Waals surface area contributed by atoms with Crippen molar-refractivity contribution in [1.29, 1.82) is 0 Å². The molecular weight excluding hydrogens is 318 g/mol. The first-order chi connectivity index (χ1) is 12.2. The fourth-order valence-corrected chi connectivity index (χ4v) is 2.92. The van der Waals surface area contributed by atoms with Gasteiger partial charge >= 0.3 is 6.03 Å². The van der Waals surface area contributed by atoms with E-state index in [0.29, 0.717) is 19.0 Å². The van der Waals surface area contributed by atoms with Crippen LogP contribution in [0.5, 0.6) is 5.88 Å². The van der Waals surface area contributed by atoms with Crippen LogP contribution >= 0.6 is 0 Å². The molecule has 1 aliphatic rings. The number of aryl methyl sites for hydroxylation is 1. The second-order valence-corrected chi connectivity index (χ2v) is 6.27. The maximum absolute atomic E-state index is 12.0. The number of carbonyl (C=O) groups excluding carboxylic acids is 1. The molecule has 134 valence electrons. The lowest BCUT2D eigenvalue weighted by atomic mass is 10.2. The van der Waals surface area contributed by atoms with E-state index < -0.39 is 0 Å². The predicted molar refractivity (Wildman–Crippen MR) is 94.2 cm³/mol. The van der Waals surface area contributed by atoms with Gasteiger partial charge in [-0.1, -0.05) is 13.0 Å². The Morgan fingerprint density at radius 2 is 2.12 bits per heavy atom. The summed E-state index contributed by atoms with van der Waals surface area (Å²) in [5.74, 6) is 0.621. The number of amides is 2. The number of rotatable bonds is 7.